The van der Waals surface area contributed by atoms with Gasteiger partial charge in [-0.15, -0.1) is 0 Å². The molecule has 0 bridgehead atoms. The van der Waals surface area contributed by atoms with Crippen LogP contribution in [0.15, 0.2) is 34.7 Å². The van der Waals surface area contributed by atoms with Crippen LogP contribution in [0.4, 0.5) is 0 Å². The van der Waals surface area contributed by atoms with Crippen molar-refractivity contribution < 1.29 is 18.7 Å². The van der Waals surface area contributed by atoms with E-state index in [1.807, 2.05) is 5.43 Å². The maximum atomic E-state index is 11.5. The third-order valence-corrected chi connectivity index (χ3v) is 2.87. The number of nitrogens with two attached hydrogens (primary N) is 2. The Labute approximate surface area is 120 Å². The summed E-state index contributed by atoms with van der Waals surface area (Å²) in [5.41, 5.74) is 7.90. The molecule has 0 aliphatic heterocycles. The SMILES string of the molecule is Cc1oc(COc2ccccc2C(N)=O)cc1C(=O)NN. The van der Waals surface area contributed by atoms with Crippen molar-refractivity contribution >= 4 is 11.8 Å². The first-order valence-electron chi connectivity index (χ1n) is 6.14. The normalized spacial score (nSPS) is 10.2. The lowest BCUT2D eigenvalue weighted by atomic mass is 10.2. The zero-order valence-corrected chi connectivity index (χ0v) is 11.4. The monoisotopic (exact) mass is 289 g/mol. The highest BCUT2D eigenvalue weighted by atomic mass is 16.5. The van der Waals surface area contributed by atoms with Crippen molar-refractivity contribution in [2.75, 3.05) is 0 Å². The standard InChI is InChI=1S/C14H15N3O4/c1-8-11(14(19)17-16)6-9(21-8)7-20-12-5-3-2-4-10(12)13(15)18/h2-6H,7,16H2,1H3,(H2,15,18)(H,17,19). The van der Waals surface area contributed by atoms with Crippen LogP contribution in [0.25, 0.3) is 0 Å². The van der Waals surface area contributed by atoms with Crippen LogP contribution in [0.1, 0.15) is 32.2 Å². The number of nitrogens with one attached hydrogen (secondary N) is 1. The largest absolute Gasteiger partial charge is 0.485 e. The van der Waals surface area contributed by atoms with Gasteiger partial charge in [0.1, 0.15) is 23.9 Å². The van der Waals surface area contributed by atoms with Gasteiger partial charge in [0.05, 0.1) is 11.1 Å². The zero-order valence-electron chi connectivity index (χ0n) is 11.4. The molecule has 1 aromatic heterocycles. The molecule has 0 fully saturated rings. The van der Waals surface area contributed by atoms with Crippen molar-refractivity contribution in [1.82, 2.24) is 5.43 Å². The van der Waals surface area contributed by atoms with Crippen molar-refractivity contribution in [3.05, 3.63) is 53.0 Å². The van der Waals surface area contributed by atoms with E-state index in [1.165, 1.54) is 6.07 Å². The Morgan fingerprint density at radius 2 is 2.00 bits per heavy atom. The second-order valence-corrected chi connectivity index (χ2v) is 4.31. The maximum Gasteiger partial charge on any atom is 0.268 e. The molecule has 0 radical (unpaired) electrons. The number of carbonyl (C=O) groups excluding carboxylic acids is 2. The fourth-order valence-electron chi connectivity index (χ4n) is 1.86. The first-order valence-corrected chi connectivity index (χ1v) is 6.14. The third kappa shape index (κ3) is 3.21. The van der Waals surface area contributed by atoms with Crippen molar-refractivity contribution in [2.24, 2.45) is 11.6 Å². The van der Waals surface area contributed by atoms with E-state index in [4.69, 9.17) is 20.7 Å². The Balaban J connectivity index is 2.14. The molecule has 0 spiro atoms. The van der Waals surface area contributed by atoms with Crippen molar-refractivity contribution in [3.8, 4) is 5.75 Å². The number of aryl methyl sites for hydroxylation is 1. The molecular formula is C14H15N3O4. The summed E-state index contributed by atoms with van der Waals surface area (Å²) in [5, 5.41) is 0. The molecule has 7 heteroatoms. The topological polar surface area (TPSA) is 121 Å². The molecule has 0 unspecified atom stereocenters. The molecule has 110 valence electrons. The van der Waals surface area contributed by atoms with Crippen molar-refractivity contribution in [1.29, 1.82) is 0 Å². The van der Waals surface area contributed by atoms with Crippen LogP contribution in [0.3, 0.4) is 0 Å². The molecule has 2 amide bonds. The number of nitrogen functional groups attached to an aromatic ring is 1. The van der Waals surface area contributed by atoms with E-state index < -0.39 is 11.8 Å². The number of benzene rings is 1. The first-order chi connectivity index (χ1) is 10.0. The molecule has 0 aliphatic rings. The second-order valence-electron chi connectivity index (χ2n) is 4.31. The highest BCUT2D eigenvalue weighted by Crippen LogP contribution is 2.20. The minimum atomic E-state index is -0.579. The summed E-state index contributed by atoms with van der Waals surface area (Å²) in [6.07, 6.45) is 0. The molecule has 21 heavy (non-hydrogen) atoms. The average molecular weight is 289 g/mol. The minimum Gasteiger partial charge on any atom is -0.485 e. The summed E-state index contributed by atoms with van der Waals surface area (Å²) in [4.78, 5) is 22.7. The summed E-state index contributed by atoms with van der Waals surface area (Å²) in [7, 11) is 0. The van der Waals surface area contributed by atoms with Gasteiger partial charge >= 0.3 is 0 Å². The minimum absolute atomic E-state index is 0.0585. The molecule has 7 nitrogen and oxygen atoms in total. The number of hydrogen-bond acceptors (Lipinski definition) is 5. The summed E-state index contributed by atoms with van der Waals surface area (Å²) in [6.45, 7) is 1.70. The van der Waals surface area contributed by atoms with Crippen LogP contribution >= 0.6 is 0 Å². The van der Waals surface area contributed by atoms with E-state index in [-0.39, 0.29) is 12.2 Å². The van der Waals surface area contributed by atoms with Gasteiger partial charge in [-0.2, -0.15) is 0 Å². The lowest BCUT2D eigenvalue weighted by molar-refractivity contribution is 0.0950. The van der Waals surface area contributed by atoms with Gasteiger partial charge in [-0.25, -0.2) is 5.84 Å². The predicted molar refractivity (Wildman–Crippen MR) is 74.4 cm³/mol. The Morgan fingerprint density at radius 1 is 1.29 bits per heavy atom. The molecule has 0 aliphatic carbocycles. The average Bonchev–Trinajstić information content (AvgIpc) is 2.85. The summed E-state index contributed by atoms with van der Waals surface area (Å²) in [6, 6.07) is 8.14. The molecule has 0 saturated carbocycles. The molecule has 1 aromatic carbocycles. The Bertz CT molecular complexity index is 679. The lowest BCUT2D eigenvalue weighted by Crippen LogP contribution is -2.30. The molecule has 2 aromatic rings. The van der Waals surface area contributed by atoms with Crippen LogP contribution in [-0.2, 0) is 6.61 Å². The number of amides is 2. The van der Waals surface area contributed by atoms with Gasteiger partial charge < -0.3 is 14.9 Å². The Kier molecular flexibility index (Phi) is 4.24. The quantitative estimate of drug-likeness (QED) is 0.428. The van der Waals surface area contributed by atoms with Gasteiger partial charge in [0.15, 0.2) is 0 Å². The second kappa shape index (κ2) is 6.10. The first kappa shape index (κ1) is 14.6. The molecular weight excluding hydrogens is 274 g/mol. The van der Waals surface area contributed by atoms with Gasteiger partial charge in [0, 0.05) is 0 Å². The fraction of sp³-hybridized carbons (Fsp3) is 0.143. The number of rotatable bonds is 5. The fourth-order valence-corrected chi connectivity index (χ4v) is 1.86. The van der Waals surface area contributed by atoms with Gasteiger partial charge in [-0.1, -0.05) is 12.1 Å². The van der Waals surface area contributed by atoms with Gasteiger partial charge in [0.25, 0.3) is 11.8 Å². The van der Waals surface area contributed by atoms with Gasteiger partial charge in [-0.3, -0.25) is 15.0 Å². The number of primary amides is 1. The number of para-hydroxylation sites is 1. The smallest absolute Gasteiger partial charge is 0.268 e. The molecule has 5 N–H and O–H groups in total. The molecule has 2 rings (SSSR count). The van der Waals surface area contributed by atoms with E-state index in [9.17, 15) is 9.59 Å². The van der Waals surface area contributed by atoms with Gasteiger partial charge in [0.2, 0.25) is 0 Å². The van der Waals surface area contributed by atoms with Crippen LogP contribution < -0.4 is 21.7 Å². The molecule has 1 heterocycles. The Hall–Kier alpha value is -2.80. The summed E-state index contributed by atoms with van der Waals surface area (Å²) >= 11 is 0. The Morgan fingerprint density at radius 3 is 2.67 bits per heavy atom. The number of ether oxygens (including phenoxy) is 1. The zero-order chi connectivity index (χ0) is 15.4. The lowest BCUT2D eigenvalue weighted by Gasteiger charge is -2.07. The van der Waals surface area contributed by atoms with Crippen LogP contribution in [0.5, 0.6) is 5.75 Å². The van der Waals surface area contributed by atoms with Crippen LogP contribution in [-0.4, -0.2) is 11.8 Å². The van der Waals surface area contributed by atoms with E-state index in [0.29, 0.717) is 22.8 Å². The van der Waals surface area contributed by atoms with Crippen LogP contribution in [0, 0.1) is 6.92 Å². The van der Waals surface area contributed by atoms with E-state index in [1.54, 1.807) is 31.2 Å². The van der Waals surface area contributed by atoms with Gasteiger partial charge in [-0.05, 0) is 25.1 Å². The maximum absolute atomic E-state index is 11.5. The number of furan rings is 1. The van der Waals surface area contributed by atoms with E-state index in [0.717, 1.165) is 0 Å². The number of hydrogen-bond donors (Lipinski definition) is 3. The highest BCUT2D eigenvalue weighted by Gasteiger charge is 2.15. The molecule has 0 atom stereocenters. The number of hydrazine groups is 1. The predicted octanol–water partition coefficient (Wildman–Crippen LogP) is 0.869. The van der Waals surface area contributed by atoms with Crippen LogP contribution in [0.2, 0.25) is 0 Å². The number of carbonyl (C=O) groups is 2. The summed E-state index contributed by atoms with van der Waals surface area (Å²) in [5.74, 6) is 5.27. The highest BCUT2D eigenvalue weighted by molar-refractivity contribution is 5.95. The van der Waals surface area contributed by atoms with Crippen molar-refractivity contribution in [2.45, 2.75) is 13.5 Å². The third-order valence-electron chi connectivity index (χ3n) is 2.87. The van der Waals surface area contributed by atoms with Crippen molar-refractivity contribution in [3.63, 3.8) is 0 Å². The summed E-state index contributed by atoms with van der Waals surface area (Å²) < 4.78 is 10.9. The van der Waals surface area contributed by atoms with E-state index in [2.05, 4.69) is 0 Å². The van der Waals surface area contributed by atoms with E-state index >= 15 is 0 Å². The molecule has 0 saturated heterocycles.